The van der Waals surface area contributed by atoms with E-state index in [0.717, 1.165) is 5.70 Å². The molecule has 0 aromatic carbocycles. The van der Waals surface area contributed by atoms with Crippen LogP contribution in [0.2, 0.25) is 0 Å². The van der Waals surface area contributed by atoms with Crippen LogP contribution in [0.1, 0.15) is 20.8 Å². The van der Waals surface area contributed by atoms with Gasteiger partial charge in [-0.2, -0.15) is 0 Å². The van der Waals surface area contributed by atoms with Gasteiger partial charge in [0.15, 0.2) is 0 Å². The third-order valence-electron chi connectivity index (χ3n) is 0.855. The minimum atomic E-state index is 0.813. The van der Waals surface area contributed by atoms with Crippen molar-refractivity contribution in [2.75, 3.05) is 0 Å². The third kappa shape index (κ3) is 8.98. The molecule has 0 rings (SSSR count). The second kappa shape index (κ2) is 11.7. The van der Waals surface area contributed by atoms with Crippen LogP contribution in [0, 0.1) is 0 Å². The molecular weight excluding hydrogens is 136 g/mol. The van der Waals surface area contributed by atoms with Gasteiger partial charge < -0.3 is 5.43 Å². The fourth-order valence-corrected chi connectivity index (χ4v) is 0.375. The van der Waals surface area contributed by atoms with Crippen molar-refractivity contribution in [1.29, 1.82) is 0 Å². The number of allylic oxidation sites excluding steroid dienone is 4. The van der Waals surface area contributed by atoms with Gasteiger partial charge in [0.25, 0.3) is 0 Å². The monoisotopic (exact) mass is 154 g/mol. The molecule has 0 aliphatic rings. The zero-order chi connectivity index (χ0) is 9.11. The maximum atomic E-state index is 5.10. The zero-order valence-electron chi connectivity index (χ0n) is 7.59. The number of nitrogens with two attached hydrogens (primary N) is 1. The molecule has 0 unspecified atom stereocenters. The first kappa shape index (κ1) is 12.6. The summed E-state index contributed by atoms with van der Waals surface area (Å²) in [7, 11) is 0. The Morgan fingerprint density at radius 2 is 2.00 bits per heavy atom. The molecule has 0 saturated heterocycles. The van der Waals surface area contributed by atoms with E-state index in [1.54, 1.807) is 6.08 Å². The number of hydrogen-bond donors (Lipinski definition) is 2. The Kier molecular flexibility index (Phi) is 13.5. The zero-order valence-corrected chi connectivity index (χ0v) is 7.59. The summed E-state index contributed by atoms with van der Waals surface area (Å²) < 4.78 is 0. The Balaban J connectivity index is 0. The van der Waals surface area contributed by atoms with Crippen LogP contribution in [-0.2, 0) is 0 Å². The van der Waals surface area contributed by atoms with Crippen molar-refractivity contribution in [3.8, 4) is 0 Å². The Morgan fingerprint density at radius 1 is 1.45 bits per heavy atom. The van der Waals surface area contributed by atoms with Gasteiger partial charge in [0.05, 0.1) is 0 Å². The second-order valence-corrected chi connectivity index (χ2v) is 1.50. The van der Waals surface area contributed by atoms with Gasteiger partial charge in [-0.25, -0.2) is 0 Å². The molecule has 2 heteroatoms. The first-order valence-corrected chi connectivity index (χ1v) is 3.77. The molecule has 0 aliphatic carbocycles. The third-order valence-corrected chi connectivity index (χ3v) is 0.855. The maximum Gasteiger partial charge on any atom is 0.0479 e. The van der Waals surface area contributed by atoms with Crippen LogP contribution in [0.3, 0.4) is 0 Å². The molecule has 0 atom stereocenters. The highest BCUT2D eigenvalue weighted by molar-refractivity contribution is 5.19. The molecule has 0 bridgehead atoms. The number of hydrogen-bond acceptors (Lipinski definition) is 2. The molecule has 0 aromatic heterocycles. The summed E-state index contributed by atoms with van der Waals surface area (Å²) in [6.07, 6.45) is 7.30. The Bertz CT molecular complexity index is 134. The lowest BCUT2D eigenvalue weighted by Gasteiger charge is -1.94. The number of nitrogens with one attached hydrogen (secondary N) is 1. The summed E-state index contributed by atoms with van der Waals surface area (Å²) >= 11 is 0. The quantitative estimate of drug-likeness (QED) is 0.371. The molecule has 0 amide bonds. The summed E-state index contributed by atoms with van der Waals surface area (Å²) in [6.45, 7) is 9.48. The Morgan fingerprint density at radius 3 is 2.27 bits per heavy atom. The molecule has 0 fully saturated rings. The van der Waals surface area contributed by atoms with Gasteiger partial charge in [0.2, 0.25) is 0 Å². The van der Waals surface area contributed by atoms with Gasteiger partial charge in [-0.3, -0.25) is 5.84 Å². The van der Waals surface area contributed by atoms with E-state index in [2.05, 4.69) is 12.0 Å². The minimum Gasteiger partial charge on any atom is -0.324 e. The number of rotatable bonds is 3. The Hall–Kier alpha value is -1.02. The van der Waals surface area contributed by atoms with Crippen molar-refractivity contribution in [1.82, 2.24) is 5.43 Å². The highest BCUT2D eigenvalue weighted by Gasteiger charge is 1.77. The van der Waals surface area contributed by atoms with E-state index in [1.165, 1.54) is 0 Å². The van der Waals surface area contributed by atoms with Gasteiger partial charge in [0.1, 0.15) is 0 Å². The molecule has 0 heterocycles. The maximum absolute atomic E-state index is 5.10. The van der Waals surface area contributed by atoms with E-state index in [4.69, 9.17) is 5.84 Å². The summed E-state index contributed by atoms with van der Waals surface area (Å²) in [6, 6.07) is 0. The molecule has 0 spiro atoms. The van der Waals surface area contributed by atoms with Gasteiger partial charge in [-0.1, -0.05) is 32.6 Å². The van der Waals surface area contributed by atoms with Crippen molar-refractivity contribution in [3.63, 3.8) is 0 Å². The van der Waals surface area contributed by atoms with Crippen LogP contribution in [0.25, 0.3) is 0 Å². The highest BCUT2D eigenvalue weighted by atomic mass is 15.2. The van der Waals surface area contributed by atoms with Crippen LogP contribution in [0.4, 0.5) is 0 Å². The topological polar surface area (TPSA) is 38.0 Å². The SMILES string of the molecule is C=C/C(=C\C=C/C)NN.CC. The van der Waals surface area contributed by atoms with E-state index in [9.17, 15) is 0 Å². The van der Waals surface area contributed by atoms with E-state index < -0.39 is 0 Å². The predicted octanol–water partition coefficient (Wildman–Crippen LogP) is 2.12. The average Bonchev–Trinajstić information content (AvgIpc) is 2.10. The van der Waals surface area contributed by atoms with Crippen LogP contribution < -0.4 is 11.3 Å². The van der Waals surface area contributed by atoms with Gasteiger partial charge in [-0.15, -0.1) is 0 Å². The first-order valence-electron chi connectivity index (χ1n) is 3.77. The fraction of sp³-hybridized carbons (Fsp3) is 0.333. The van der Waals surface area contributed by atoms with Gasteiger partial charge in [0, 0.05) is 5.70 Å². The largest absolute Gasteiger partial charge is 0.324 e. The van der Waals surface area contributed by atoms with E-state index in [0.29, 0.717) is 0 Å². The average molecular weight is 154 g/mol. The molecule has 0 aliphatic heterocycles. The molecule has 3 N–H and O–H groups in total. The molecule has 0 saturated carbocycles. The first-order chi connectivity index (χ1) is 5.35. The normalized spacial score (nSPS) is 10.4. The summed E-state index contributed by atoms with van der Waals surface area (Å²) in [5.41, 5.74) is 3.29. The van der Waals surface area contributed by atoms with Crippen molar-refractivity contribution >= 4 is 0 Å². The standard InChI is InChI=1S/C7H12N2.C2H6/c1-3-5-6-7(4-2)9-8;1-2/h3-6,9H,2,8H2,1H3;1-2H3/b5-3-,7-6+;. The molecular formula is C9H18N2. The predicted molar refractivity (Wildman–Crippen MR) is 51.8 cm³/mol. The van der Waals surface area contributed by atoms with E-state index in [-0.39, 0.29) is 0 Å². The van der Waals surface area contributed by atoms with Gasteiger partial charge in [-0.05, 0) is 19.1 Å². The fourth-order valence-electron chi connectivity index (χ4n) is 0.375. The smallest absolute Gasteiger partial charge is 0.0479 e. The molecule has 0 aromatic rings. The second-order valence-electron chi connectivity index (χ2n) is 1.50. The molecule has 0 radical (unpaired) electrons. The summed E-state index contributed by atoms with van der Waals surface area (Å²) in [5.74, 6) is 5.10. The van der Waals surface area contributed by atoms with Crippen LogP contribution in [0.5, 0.6) is 0 Å². The highest BCUT2D eigenvalue weighted by Crippen LogP contribution is 1.86. The summed E-state index contributed by atoms with van der Waals surface area (Å²) in [4.78, 5) is 0. The van der Waals surface area contributed by atoms with Crippen molar-refractivity contribution in [2.45, 2.75) is 20.8 Å². The van der Waals surface area contributed by atoms with Crippen LogP contribution >= 0.6 is 0 Å². The van der Waals surface area contributed by atoms with E-state index >= 15 is 0 Å². The molecule has 11 heavy (non-hydrogen) atoms. The lowest BCUT2D eigenvalue weighted by atomic mass is 10.4. The number of hydrazine groups is 1. The molecule has 64 valence electrons. The minimum absolute atomic E-state index is 0.813. The van der Waals surface area contributed by atoms with Crippen molar-refractivity contribution in [3.05, 3.63) is 36.6 Å². The van der Waals surface area contributed by atoms with Gasteiger partial charge >= 0.3 is 0 Å². The lowest BCUT2D eigenvalue weighted by molar-refractivity contribution is 0.917. The summed E-state index contributed by atoms with van der Waals surface area (Å²) in [5, 5.41) is 0. The Labute approximate surface area is 69.5 Å². The van der Waals surface area contributed by atoms with Crippen molar-refractivity contribution in [2.24, 2.45) is 5.84 Å². The lowest BCUT2D eigenvalue weighted by Crippen LogP contribution is -2.19. The van der Waals surface area contributed by atoms with Crippen LogP contribution in [-0.4, -0.2) is 0 Å². The van der Waals surface area contributed by atoms with Crippen molar-refractivity contribution < 1.29 is 0 Å². The van der Waals surface area contributed by atoms with E-state index in [1.807, 2.05) is 39.0 Å². The molecule has 2 nitrogen and oxygen atoms in total. The van der Waals surface area contributed by atoms with Crippen LogP contribution in [0.15, 0.2) is 36.6 Å².